The van der Waals surface area contributed by atoms with E-state index in [4.69, 9.17) is 11.6 Å². The van der Waals surface area contributed by atoms with Crippen LogP contribution in [0.4, 0.5) is 8.78 Å². The van der Waals surface area contributed by atoms with Gasteiger partial charge in [0.15, 0.2) is 0 Å². The maximum Gasteiger partial charge on any atom is 0.142 e. The summed E-state index contributed by atoms with van der Waals surface area (Å²) in [5.74, 6) is -0.351. The molecule has 0 radical (unpaired) electrons. The largest absolute Gasteiger partial charge is 0.313 e. The Balaban J connectivity index is 2.25. The molecule has 88 valence electrons. The molecular formula is C12H14ClF2N. The van der Waals surface area contributed by atoms with Gasteiger partial charge < -0.3 is 5.32 Å². The number of halogens is 3. The first-order valence-corrected chi connectivity index (χ1v) is 5.81. The van der Waals surface area contributed by atoms with Gasteiger partial charge in [0.2, 0.25) is 0 Å². The lowest BCUT2D eigenvalue weighted by molar-refractivity contribution is 0.479. The minimum Gasteiger partial charge on any atom is -0.313 e. The zero-order chi connectivity index (χ0) is 11.7. The van der Waals surface area contributed by atoms with Crippen LogP contribution in [0.25, 0.3) is 0 Å². The van der Waals surface area contributed by atoms with Gasteiger partial charge in [0.1, 0.15) is 11.6 Å². The third-order valence-corrected chi connectivity index (χ3v) is 3.32. The van der Waals surface area contributed by atoms with Crippen LogP contribution < -0.4 is 5.32 Å². The normalized spacial score (nSPS) is 17.5. The first kappa shape index (κ1) is 11.8. The molecule has 1 nitrogen and oxygen atoms in total. The summed E-state index contributed by atoms with van der Waals surface area (Å²) in [5.41, 5.74) is 0.372. The quantitative estimate of drug-likeness (QED) is 0.798. The van der Waals surface area contributed by atoms with E-state index in [1.807, 2.05) is 0 Å². The second kappa shape index (κ2) is 4.68. The van der Waals surface area contributed by atoms with E-state index < -0.39 is 11.6 Å². The van der Waals surface area contributed by atoms with Crippen molar-refractivity contribution in [3.05, 3.63) is 34.4 Å². The number of hydrogen-bond acceptors (Lipinski definition) is 1. The van der Waals surface area contributed by atoms with Crippen LogP contribution in [0, 0.1) is 17.6 Å². The lowest BCUT2D eigenvalue weighted by Gasteiger charge is -2.17. The summed E-state index contributed by atoms with van der Waals surface area (Å²) in [7, 11) is 1.76. The van der Waals surface area contributed by atoms with Gasteiger partial charge in [-0.1, -0.05) is 24.4 Å². The van der Waals surface area contributed by atoms with Gasteiger partial charge in [0, 0.05) is 11.6 Å². The zero-order valence-electron chi connectivity index (χ0n) is 9.06. The van der Waals surface area contributed by atoms with E-state index in [9.17, 15) is 8.78 Å². The lowest BCUT2D eigenvalue weighted by Crippen LogP contribution is -2.18. The number of nitrogens with one attached hydrogen (secondary N) is 1. The maximum absolute atomic E-state index is 13.6. The second-order valence-electron chi connectivity index (χ2n) is 4.31. The molecule has 1 saturated carbocycles. The van der Waals surface area contributed by atoms with Gasteiger partial charge >= 0.3 is 0 Å². The highest BCUT2D eigenvalue weighted by Gasteiger charge is 2.27. The molecule has 0 spiro atoms. The molecule has 1 aliphatic rings. The SMILES string of the molecule is CNC(CC1CC1)c1cc(F)c(Cl)cc1F. The van der Waals surface area contributed by atoms with Crippen molar-refractivity contribution in [2.75, 3.05) is 7.05 Å². The molecule has 1 unspecified atom stereocenters. The summed E-state index contributed by atoms with van der Waals surface area (Å²) in [6, 6.07) is 2.12. The molecule has 0 aromatic heterocycles. The van der Waals surface area contributed by atoms with Crippen molar-refractivity contribution >= 4 is 11.6 Å². The van der Waals surface area contributed by atoms with Crippen LogP contribution >= 0.6 is 11.6 Å². The Bertz CT molecular complexity index is 391. The number of benzene rings is 1. The Morgan fingerprint density at radius 2 is 2.06 bits per heavy atom. The second-order valence-corrected chi connectivity index (χ2v) is 4.72. The molecule has 1 fully saturated rings. The van der Waals surface area contributed by atoms with E-state index in [2.05, 4.69) is 5.32 Å². The minimum absolute atomic E-state index is 0.126. The van der Waals surface area contributed by atoms with Crippen LogP contribution in [0.5, 0.6) is 0 Å². The first-order valence-electron chi connectivity index (χ1n) is 5.43. The van der Waals surface area contributed by atoms with Gasteiger partial charge in [-0.3, -0.25) is 0 Å². The average Bonchev–Trinajstić information content (AvgIpc) is 3.04. The predicted octanol–water partition coefficient (Wildman–Crippen LogP) is 3.68. The Morgan fingerprint density at radius 1 is 1.38 bits per heavy atom. The molecule has 1 aromatic carbocycles. The van der Waals surface area contributed by atoms with Crippen LogP contribution in [-0.4, -0.2) is 7.05 Å². The highest BCUT2D eigenvalue weighted by atomic mass is 35.5. The predicted molar refractivity (Wildman–Crippen MR) is 60.5 cm³/mol. The van der Waals surface area contributed by atoms with Crippen molar-refractivity contribution in [3.63, 3.8) is 0 Å². The highest BCUT2D eigenvalue weighted by molar-refractivity contribution is 6.30. The fourth-order valence-electron chi connectivity index (χ4n) is 1.89. The molecule has 4 heteroatoms. The van der Waals surface area contributed by atoms with E-state index in [1.54, 1.807) is 7.05 Å². The Kier molecular flexibility index (Phi) is 3.45. The molecule has 1 aliphatic carbocycles. The summed E-state index contributed by atoms with van der Waals surface area (Å²) in [4.78, 5) is 0. The van der Waals surface area contributed by atoms with Crippen molar-refractivity contribution in [3.8, 4) is 0 Å². The molecule has 2 rings (SSSR count). The minimum atomic E-state index is -0.561. The summed E-state index contributed by atoms with van der Waals surface area (Å²) < 4.78 is 26.9. The third-order valence-electron chi connectivity index (χ3n) is 3.03. The number of hydrogen-bond donors (Lipinski definition) is 1. The van der Waals surface area contributed by atoms with Crippen molar-refractivity contribution < 1.29 is 8.78 Å². The molecule has 1 aromatic rings. The highest BCUT2D eigenvalue weighted by Crippen LogP contribution is 2.38. The van der Waals surface area contributed by atoms with Crippen LogP contribution in [0.15, 0.2) is 12.1 Å². The molecule has 16 heavy (non-hydrogen) atoms. The molecule has 0 aliphatic heterocycles. The summed E-state index contributed by atoms with van der Waals surface area (Å²) in [6.45, 7) is 0. The summed E-state index contributed by atoms with van der Waals surface area (Å²) in [6.07, 6.45) is 3.24. The van der Waals surface area contributed by atoms with E-state index in [0.717, 1.165) is 12.5 Å². The van der Waals surface area contributed by atoms with E-state index in [0.29, 0.717) is 11.5 Å². The third kappa shape index (κ3) is 2.53. The Hall–Kier alpha value is -0.670. The topological polar surface area (TPSA) is 12.0 Å². The molecule has 1 atom stereocenters. The Labute approximate surface area is 98.8 Å². The van der Waals surface area contributed by atoms with Gasteiger partial charge in [0.25, 0.3) is 0 Å². The standard InChI is InChI=1S/C12H14ClF2N/c1-16-12(4-7-2-3-7)8-5-11(15)9(13)6-10(8)14/h5-7,12,16H,2-4H2,1H3. The lowest BCUT2D eigenvalue weighted by atomic mass is 10.0. The smallest absolute Gasteiger partial charge is 0.142 e. The van der Waals surface area contributed by atoms with Crippen molar-refractivity contribution in [1.29, 1.82) is 0 Å². The fourth-order valence-corrected chi connectivity index (χ4v) is 2.04. The van der Waals surface area contributed by atoms with Gasteiger partial charge in [0.05, 0.1) is 5.02 Å². The van der Waals surface area contributed by atoms with E-state index in [-0.39, 0.29) is 11.1 Å². The molecule has 0 heterocycles. The fraction of sp³-hybridized carbons (Fsp3) is 0.500. The monoisotopic (exact) mass is 245 g/mol. The van der Waals surface area contributed by atoms with Crippen molar-refractivity contribution in [2.24, 2.45) is 5.92 Å². The van der Waals surface area contributed by atoms with E-state index >= 15 is 0 Å². The Morgan fingerprint density at radius 3 is 2.62 bits per heavy atom. The number of rotatable bonds is 4. The van der Waals surface area contributed by atoms with Crippen LogP contribution in [-0.2, 0) is 0 Å². The van der Waals surface area contributed by atoms with Gasteiger partial charge in [-0.2, -0.15) is 0 Å². The van der Waals surface area contributed by atoms with Crippen LogP contribution in [0.3, 0.4) is 0 Å². The van der Waals surface area contributed by atoms with Crippen molar-refractivity contribution in [1.82, 2.24) is 5.32 Å². The molecule has 0 bridgehead atoms. The summed E-state index contributed by atoms with van der Waals surface area (Å²) >= 11 is 5.52. The van der Waals surface area contributed by atoms with Crippen molar-refractivity contribution in [2.45, 2.75) is 25.3 Å². The zero-order valence-corrected chi connectivity index (χ0v) is 9.82. The van der Waals surface area contributed by atoms with Gasteiger partial charge in [-0.25, -0.2) is 8.78 Å². The molecule has 0 saturated heterocycles. The van der Waals surface area contributed by atoms with Crippen LogP contribution in [0.2, 0.25) is 5.02 Å². The summed E-state index contributed by atoms with van der Waals surface area (Å²) in [5, 5.41) is 2.86. The molecule has 1 N–H and O–H groups in total. The van der Waals surface area contributed by atoms with Crippen LogP contribution in [0.1, 0.15) is 30.9 Å². The average molecular weight is 246 g/mol. The van der Waals surface area contributed by atoms with E-state index in [1.165, 1.54) is 18.9 Å². The molecule has 0 amide bonds. The maximum atomic E-state index is 13.6. The van der Waals surface area contributed by atoms with Gasteiger partial charge in [-0.05, 0) is 31.5 Å². The first-order chi connectivity index (χ1) is 7.61. The van der Waals surface area contributed by atoms with Gasteiger partial charge in [-0.15, -0.1) is 0 Å². The molecular weight excluding hydrogens is 232 g/mol.